The molecule has 2 aromatic carbocycles. The molecule has 5 nitrogen and oxygen atoms in total. The van der Waals surface area contributed by atoms with E-state index in [1.165, 1.54) is 24.3 Å². The highest BCUT2D eigenvalue weighted by atomic mass is 19.1. The summed E-state index contributed by atoms with van der Waals surface area (Å²) in [5, 5.41) is 3.19. The Morgan fingerprint density at radius 1 is 1.19 bits per heavy atom. The molecule has 3 aromatic rings. The number of hydrogen-bond donors (Lipinski definition) is 2. The van der Waals surface area contributed by atoms with Crippen LogP contribution in [0.3, 0.4) is 0 Å². The minimum absolute atomic E-state index is 0.00808. The molecular weight excluding hydrogens is 342 g/mol. The SMILES string of the molecule is CCOC(=O)c1c(NCc2ccccc2F)c2cc(F)ccc2[nH]c1=O. The van der Waals surface area contributed by atoms with E-state index in [1.807, 2.05) is 0 Å². The average molecular weight is 358 g/mol. The van der Waals surface area contributed by atoms with E-state index in [0.29, 0.717) is 16.5 Å². The van der Waals surface area contributed by atoms with Crippen LogP contribution in [0.5, 0.6) is 0 Å². The molecule has 0 bridgehead atoms. The van der Waals surface area contributed by atoms with Crippen LogP contribution < -0.4 is 10.9 Å². The van der Waals surface area contributed by atoms with Crippen molar-refractivity contribution in [1.82, 2.24) is 4.98 Å². The Balaban J connectivity index is 2.14. The topological polar surface area (TPSA) is 71.2 Å². The molecule has 1 heterocycles. The Kier molecular flexibility index (Phi) is 4.97. The minimum atomic E-state index is -0.837. The molecule has 134 valence electrons. The number of H-pyrrole nitrogens is 1. The third kappa shape index (κ3) is 3.42. The van der Waals surface area contributed by atoms with Crippen molar-refractivity contribution in [3.8, 4) is 0 Å². The molecule has 0 aliphatic heterocycles. The molecule has 0 radical (unpaired) electrons. The van der Waals surface area contributed by atoms with E-state index in [2.05, 4.69) is 10.3 Å². The number of aromatic nitrogens is 1. The lowest BCUT2D eigenvalue weighted by Gasteiger charge is -2.14. The number of aromatic amines is 1. The van der Waals surface area contributed by atoms with Gasteiger partial charge in [0.05, 0.1) is 17.8 Å². The first-order valence-corrected chi connectivity index (χ1v) is 8.01. The Morgan fingerprint density at radius 2 is 1.96 bits per heavy atom. The lowest BCUT2D eigenvalue weighted by Crippen LogP contribution is -2.23. The molecule has 0 aliphatic rings. The van der Waals surface area contributed by atoms with Crippen LogP contribution in [0.4, 0.5) is 14.5 Å². The van der Waals surface area contributed by atoms with Gasteiger partial charge in [-0.05, 0) is 31.2 Å². The summed E-state index contributed by atoms with van der Waals surface area (Å²) < 4.78 is 32.5. The number of benzene rings is 2. The first kappa shape index (κ1) is 17.6. The van der Waals surface area contributed by atoms with Crippen LogP contribution in [-0.4, -0.2) is 17.6 Å². The number of carbonyl (C=O) groups excluding carboxylic acids is 1. The fourth-order valence-electron chi connectivity index (χ4n) is 2.67. The van der Waals surface area contributed by atoms with Crippen molar-refractivity contribution in [2.24, 2.45) is 0 Å². The molecule has 26 heavy (non-hydrogen) atoms. The number of carbonyl (C=O) groups is 1. The Hall–Kier alpha value is -3.22. The van der Waals surface area contributed by atoms with Gasteiger partial charge in [0.15, 0.2) is 0 Å². The van der Waals surface area contributed by atoms with E-state index in [4.69, 9.17) is 4.74 Å². The molecule has 0 amide bonds. The number of nitrogens with one attached hydrogen (secondary N) is 2. The zero-order chi connectivity index (χ0) is 18.7. The molecule has 3 rings (SSSR count). The van der Waals surface area contributed by atoms with Crippen LogP contribution in [0.1, 0.15) is 22.8 Å². The van der Waals surface area contributed by atoms with Crippen LogP contribution in [0.2, 0.25) is 0 Å². The third-order valence-electron chi connectivity index (χ3n) is 3.87. The number of fused-ring (bicyclic) bond motifs is 1. The maximum absolute atomic E-state index is 13.9. The van der Waals surface area contributed by atoms with E-state index in [0.717, 1.165) is 0 Å². The number of halogens is 2. The van der Waals surface area contributed by atoms with Crippen molar-refractivity contribution in [3.05, 3.63) is 75.6 Å². The zero-order valence-electron chi connectivity index (χ0n) is 13.9. The summed E-state index contributed by atoms with van der Waals surface area (Å²) in [4.78, 5) is 27.2. The lowest BCUT2D eigenvalue weighted by atomic mass is 10.1. The maximum Gasteiger partial charge on any atom is 0.345 e. The Morgan fingerprint density at radius 3 is 2.69 bits per heavy atom. The van der Waals surface area contributed by atoms with Gasteiger partial charge in [-0.2, -0.15) is 0 Å². The number of rotatable bonds is 5. The van der Waals surface area contributed by atoms with Gasteiger partial charge in [-0.15, -0.1) is 0 Å². The van der Waals surface area contributed by atoms with Crippen LogP contribution in [0, 0.1) is 11.6 Å². The maximum atomic E-state index is 13.9. The van der Waals surface area contributed by atoms with Gasteiger partial charge in [0.1, 0.15) is 17.2 Å². The van der Waals surface area contributed by atoms with Crippen molar-refractivity contribution in [1.29, 1.82) is 0 Å². The van der Waals surface area contributed by atoms with E-state index < -0.39 is 23.2 Å². The Bertz CT molecular complexity index is 1030. The summed E-state index contributed by atoms with van der Waals surface area (Å²) >= 11 is 0. The van der Waals surface area contributed by atoms with Crippen molar-refractivity contribution in [3.63, 3.8) is 0 Å². The van der Waals surface area contributed by atoms with Gasteiger partial charge in [0.25, 0.3) is 5.56 Å². The molecule has 2 N–H and O–H groups in total. The van der Waals surface area contributed by atoms with Gasteiger partial charge in [-0.3, -0.25) is 4.79 Å². The normalized spacial score (nSPS) is 10.7. The van der Waals surface area contributed by atoms with Gasteiger partial charge in [-0.25, -0.2) is 13.6 Å². The monoisotopic (exact) mass is 358 g/mol. The highest BCUT2D eigenvalue weighted by molar-refractivity contribution is 6.04. The van der Waals surface area contributed by atoms with Crippen LogP contribution in [-0.2, 0) is 11.3 Å². The molecule has 0 fully saturated rings. The van der Waals surface area contributed by atoms with Crippen molar-refractivity contribution in [2.75, 3.05) is 11.9 Å². The van der Waals surface area contributed by atoms with Gasteiger partial charge in [-0.1, -0.05) is 18.2 Å². The summed E-state index contributed by atoms with van der Waals surface area (Å²) in [6.07, 6.45) is 0. The molecule has 0 atom stereocenters. The summed E-state index contributed by atoms with van der Waals surface area (Å²) in [6, 6.07) is 9.89. The van der Waals surface area contributed by atoms with Crippen LogP contribution in [0.15, 0.2) is 47.3 Å². The van der Waals surface area contributed by atoms with E-state index in [9.17, 15) is 18.4 Å². The van der Waals surface area contributed by atoms with Crippen LogP contribution >= 0.6 is 0 Å². The number of anilines is 1. The second-order valence-corrected chi connectivity index (χ2v) is 5.56. The van der Waals surface area contributed by atoms with Crippen molar-refractivity contribution in [2.45, 2.75) is 13.5 Å². The summed E-state index contributed by atoms with van der Waals surface area (Å²) in [5.41, 5.74) is -0.155. The highest BCUT2D eigenvalue weighted by Crippen LogP contribution is 2.26. The first-order chi connectivity index (χ1) is 12.5. The first-order valence-electron chi connectivity index (χ1n) is 8.01. The quantitative estimate of drug-likeness (QED) is 0.684. The fourth-order valence-corrected chi connectivity index (χ4v) is 2.67. The number of esters is 1. The third-order valence-corrected chi connectivity index (χ3v) is 3.87. The average Bonchev–Trinajstić information content (AvgIpc) is 2.61. The minimum Gasteiger partial charge on any atom is -0.462 e. The number of pyridine rings is 1. The van der Waals surface area contributed by atoms with Gasteiger partial charge in [0, 0.05) is 17.5 Å². The van der Waals surface area contributed by atoms with E-state index >= 15 is 0 Å². The molecular formula is C19H16F2N2O3. The molecule has 0 unspecified atom stereocenters. The van der Waals surface area contributed by atoms with Crippen molar-refractivity contribution >= 4 is 22.6 Å². The molecule has 0 saturated carbocycles. The summed E-state index contributed by atoms with van der Waals surface area (Å²) in [5.74, 6) is -1.80. The largest absolute Gasteiger partial charge is 0.462 e. The standard InChI is InChI=1S/C19H16F2N2O3/c1-2-26-19(25)16-17(22-10-11-5-3-4-6-14(11)21)13-9-12(20)7-8-15(13)23-18(16)24/h3-9H,2,10H2,1H3,(H2,22,23,24). The molecule has 7 heteroatoms. The molecule has 0 saturated heterocycles. The molecule has 0 aliphatic carbocycles. The van der Waals surface area contributed by atoms with Gasteiger partial charge >= 0.3 is 5.97 Å². The predicted molar refractivity (Wildman–Crippen MR) is 94.2 cm³/mol. The second-order valence-electron chi connectivity index (χ2n) is 5.56. The summed E-state index contributed by atoms with van der Waals surface area (Å²) in [6.45, 7) is 1.69. The molecule has 1 aromatic heterocycles. The fraction of sp³-hybridized carbons (Fsp3) is 0.158. The number of ether oxygens (including phenoxy) is 1. The summed E-state index contributed by atoms with van der Waals surface area (Å²) in [7, 11) is 0. The van der Waals surface area contributed by atoms with E-state index in [1.54, 1.807) is 25.1 Å². The van der Waals surface area contributed by atoms with Crippen LogP contribution in [0.25, 0.3) is 10.9 Å². The zero-order valence-corrected chi connectivity index (χ0v) is 13.9. The Labute approximate surface area is 147 Å². The predicted octanol–water partition coefficient (Wildman–Crippen LogP) is 3.60. The second kappa shape index (κ2) is 7.35. The smallest absolute Gasteiger partial charge is 0.345 e. The van der Waals surface area contributed by atoms with Gasteiger partial charge in [0.2, 0.25) is 0 Å². The van der Waals surface area contributed by atoms with Crippen molar-refractivity contribution < 1.29 is 18.3 Å². The van der Waals surface area contributed by atoms with E-state index in [-0.39, 0.29) is 24.4 Å². The lowest BCUT2D eigenvalue weighted by molar-refractivity contribution is 0.0525. The van der Waals surface area contributed by atoms with Gasteiger partial charge < -0.3 is 15.0 Å². The highest BCUT2D eigenvalue weighted by Gasteiger charge is 2.21. The number of hydrogen-bond acceptors (Lipinski definition) is 4. The molecule has 0 spiro atoms.